The monoisotopic (exact) mass is 684 g/mol. The molecule has 262 valence electrons. The largest absolute Gasteiger partial charge is 0.444 e. The van der Waals surface area contributed by atoms with E-state index in [-0.39, 0.29) is 55.5 Å². The van der Waals surface area contributed by atoms with Gasteiger partial charge in [-0.3, -0.25) is 24.4 Å². The summed E-state index contributed by atoms with van der Waals surface area (Å²) in [6.45, 7) is 4.53. The Kier molecular flexibility index (Phi) is 9.49. The maximum atomic E-state index is 14.6. The summed E-state index contributed by atoms with van der Waals surface area (Å²) in [5.41, 5.74) is -3.25. The highest BCUT2D eigenvalue weighted by atomic mass is 19.4. The van der Waals surface area contributed by atoms with Crippen LogP contribution in [-0.4, -0.2) is 75.3 Å². The molecule has 1 saturated heterocycles. The molecular formula is C33H38F6N4O5. The van der Waals surface area contributed by atoms with Crippen molar-refractivity contribution in [2.75, 3.05) is 11.4 Å². The van der Waals surface area contributed by atoms with E-state index in [0.29, 0.717) is 0 Å². The summed E-state index contributed by atoms with van der Waals surface area (Å²) in [7, 11) is 0. The van der Waals surface area contributed by atoms with Crippen LogP contribution in [0.25, 0.3) is 0 Å². The molecule has 2 aromatic rings. The average molecular weight is 685 g/mol. The number of halogens is 6. The molecule has 3 amide bonds. The van der Waals surface area contributed by atoms with Gasteiger partial charge in [-0.15, -0.1) is 0 Å². The van der Waals surface area contributed by atoms with Crippen LogP contribution in [0.4, 0.5) is 36.8 Å². The summed E-state index contributed by atoms with van der Waals surface area (Å²) >= 11 is 0. The number of β-amino-alcohol motifs (C(OH)–C–C–N with tert-alkyl or cyclic N) is 1. The molecule has 0 radical (unpaired) electrons. The van der Waals surface area contributed by atoms with E-state index >= 15 is 0 Å². The van der Waals surface area contributed by atoms with Crippen molar-refractivity contribution in [3.8, 4) is 0 Å². The third-order valence-electron chi connectivity index (χ3n) is 9.03. The van der Waals surface area contributed by atoms with Crippen LogP contribution in [-0.2, 0) is 19.7 Å². The molecule has 1 aromatic heterocycles. The van der Waals surface area contributed by atoms with Crippen LogP contribution in [0.15, 0.2) is 42.7 Å². The molecule has 1 aromatic carbocycles. The fourth-order valence-corrected chi connectivity index (χ4v) is 6.40. The first-order chi connectivity index (χ1) is 22.3. The predicted molar refractivity (Wildman–Crippen MR) is 161 cm³/mol. The minimum Gasteiger partial charge on any atom is -0.444 e. The molecule has 3 atom stereocenters. The highest BCUT2D eigenvalue weighted by Gasteiger charge is 2.64. The second kappa shape index (κ2) is 12.9. The number of alkyl halides is 5. The zero-order chi connectivity index (χ0) is 35.2. The Morgan fingerprint density at radius 1 is 1.04 bits per heavy atom. The average Bonchev–Trinajstić information content (AvgIpc) is 3.72. The number of hydrogen-bond acceptors (Lipinski definition) is 6. The Morgan fingerprint density at radius 3 is 2.21 bits per heavy atom. The quantitative estimate of drug-likeness (QED) is 0.349. The second-order valence-electron chi connectivity index (χ2n) is 13.9. The number of carbonyl (C=O) groups is 3. The van der Waals surface area contributed by atoms with Crippen LogP contribution in [0.3, 0.4) is 0 Å². The van der Waals surface area contributed by atoms with Crippen molar-refractivity contribution in [1.29, 1.82) is 0 Å². The van der Waals surface area contributed by atoms with Gasteiger partial charge in [0.1, 0.15) is 23.5 Å². The van der Waals surface area contributed by atoms with E-state index < -0.39 is 83.9 Å². The Bertz CT molecular complexity index is 1520. The summed E-state index contributed by atoms with van der Waals surface area (Å²) < 4.78 is 89.6. The molecular weight excluding hydrogens is 646 g/mol. The molecule has 1 aliphatic heterocycles. The minimum absolute atomic E-state index is 0.0469. The first-order valence-electron chi connectivity index (χ1n) is 15.8. The molecule has 15 heteroatoms. The van der Waals surface area contributed by atoms with Gasteiger partial charge in [0, 0.05) is 42.8 Å². The van der Waals surface area contributed by atoms with E-state index in [2.05, 4.69) is 10.3 Å². The van der Waals surface area contributed by atoms with Crippen LogP contribution in [0.5, 0.6) is 0 Å². The molecule has 3 fully saturated rings. The van der Waals surface area contributed by atoms with Crippen molar-refractivity contribution in [3.63, 3.8) is 0 Å². The lowest BCUT2D eigenvalue weighted by atomic mass is 9.91. The molecule has 5 rings (SSSR count). The SMILES string of the molecule is CC(C)(C)OC(=O)N1C[C@H](O)C[C@@H]1C(=O)N(c1ccc(C2(C(F)(F)F)CC2)cc1)C(C(=O)NC1CCC(F)(F)CC1)c1cncc(F)c1. The van der Waals surface area contributed by atoms with E-state index in [1.54, 1.807) is 20.8 Å². The minimum atomic E-state index is -4.52. The number of hydrogen-bond donors (Lipinski definition) is 2. The van der Waals surface area contributed by atoms with E-state index in [1.165, 1.54) is 24.3 Å². The van der Waals surface area contributed by atoms with Gasteiger partial charge in [0.05, 0.1) is 24.3 Å². The van der Waals surface area contributed by atoms with E-state index in [9.17, 15) is 45.8 Å². The third kappa shape index (κ3) is 7.55. The van der Waals surface area contributed by atoms with Gasteiger partial charge in [-0.2, -0.15) is 13.2 Å². The molecule has 1 unspecified atom stereocenters. The Hall–Kier alpha value is -3.88. The first-order valence-corrected chi connectivity index (χ1v) is 15.8. The first kappa shape index (κ1) is 35.4. The fourth-order valence-electron chi connectivity index (χ4n) is 6.40. The lowest BCUT2D eigenvalue weighted by Gasteiger charge is -2.37. The fraction of sp³-hybridized carbons (Fsp3) is 0.576. The topological polar surface area (TPSA) is 112 Å². The van der Waals surface area contributed by atoms with Crippen LogP contribution >= 0.6 is 0 Å². The molecule has 0 spiro atoms. The van der Waals surface area contributed by atoms with E-state index in [4.69, 9.17) is 4.74 Å². The van der Waals surface area contributed by atoms with Gasteiger partial charge in [0.25, 0.3) is 5.91 Å². The normalized spacial score (nSPS) is 22.9. The Balaban J connectivity index is 1.58. The van der Waals surface area contributed by atoms with Gasteiger partial charge >= 0.3 is 12.3 Å². The van der Waals surface area contributed by atoms with Crippen molar-refractivity contribution in [3.05, 3.63) is 59.7 Å². The summed E-state index contributed by atoms with van der Waals surface area (Å²) in [6, 6.07) is 2.01. The Morgan fingerprint density at radius 2 is 1.67 bits per heavy atom. The molecule has 2 aliphatic carbocycles. The highest BCUT2D eigenvalue weighted by Crippen LogP contribution is 2.59. The Labute approximate surface area is 273 Å². The number of ether oxygens (including phenoxy) is 1. The van der Waals surface area contributed by atoms with Crippen LogP contribution in [0.1, 0.15) is 82.9 Å². The zero-order valence-electron chi connectivity index (χ0n) is 26.7. The number of nitrogens with zero attached hydrogens (tertiary/aromatic N) is 3. The molecule has 3 aliphatic rings. The van der Waals surface area contributed by atoms with Gasteiger partial charge in [-0.05, 0) is 70.2 Å². The lowest BCUT2D eigenvalue weighted by molar-refractivity contribution is -0.160. The number of aliphatic hydroxyl groups excluding tert-OH is 1. The van der Waals surface area contributed by atoms with Crippen molar-refractivity contribution in [1.82, 2.24) is 15.2 Å². The van der Waals surface area contributed by atoms with Crippen molar-refractivity contribution < 1.29 is 50.6 Å². The maximum Gasteiger partial charge on any atom is 0.411 e. The molecule has 48 heavy (non-hydrogen) atoms. The number of aromatic nitrogens is 1. The van der Waals surface area contributed by atoms with Gasteiger partial charge in [-0.25, -0.2) is 18.0 Å². The number of rotatable bonds is 7. The smallest absolute Gasteiger partial charge is 0.411 e. The molecule has 2 heterocycles. The van der Waals surface area contributed by atoms with E-state index in [1.807, 2.05) is 0 Å². The van der Waals surface area contributed by atoms with Crippen molar-refractivity contribution >= 4 is 23.6 Å². The van der Waals surface area contributed by atoms with Crippen molar-refractivity contribution in [2.24, 2.45) is 0 Å². The molecule has 2 N–H and O–H groups in total. The molecule has 2 saturated carbocycles. The zero-order valence-corrected chi connectivity index (χ0v) is 26.7. The number of pyridine rings is 1. The van der Waals surface area contributed by atoms with Gasteiger partial charge in [0.2, 0.25) is 11.8 Å². The summed E-state index contributed by atoms with van der Waals surface area (Å²) in [4.78, 5) is 47.6. The van der Waals surface area contributed by atoms with Gasteiger partial charge in [-0.1, -0.05) is 12.1 Å². The lowest BCUT2D eigenvalue weighted by Crippen LogP contribution is -2.54. The van der Waals surface area contributed by atoms with Gasteiger partial charge in [0.15, 0.2) is 0 Å². The van der Waals surface area contributed by atoms with E-state index in [0.717, 1.165) is 28.3 Å². The van der Waals surface area contributed by atoms with Crippen molar-refractivity contribution in [2.45, 2.75) is 113 Å². The van der Waals surface area contributed by atoms with Gasteiger partial charge < -0.3 is 15.2 Å². The van der Waals surface area contributed by atoms with Crippen LogP contribution in [0.2, 0.25) is 0 Å². The third-order valence-corrected chi connectivity index (χ3v) is 9.03. The number of anilines is 1. The van der Waals surface area contributed by atoms with Crippen LogP contribution in [0, 0.1) is 5.82 Å². The standard InChI is InChI=1S/C33H38F6N4O5/c1-30(2,3)48-29(47)42-18-24(44)15-25(42)28(46)43(23-6-4-20(5-7-23)31(12-13-31)33(37,38)39)26(19-14-21(34)17-40-16-19)27(45)41-22-8-10-32(35,36)11-9-22/h4-7,14,16-17,22,24-26,44H,8-13,15,18H2,1-3H3,(H,41,45)/t24-,25-,26?/m1/s1. The predicted octanol–water partition coefficient (Wildman–Crippen LogP) is 5.95. The molecule has 0 bridgehead atoms. The number of amides is 3. The second-order valence-corrected chi connectivity index (χ2v) is 13.9. The summed E-state index contributed by atoms with van der Waals surface area (Å²) in [6.07, 6.45) is -6.24. The number of benzene rings is 1. The summed E-state index contributed by atoms with van der Waals surface area (Å²) in [5, 5.41) is 13.3. The highest BCUT2D eigenvalue weighted by molar-refractivity contribution is 6.05. The number of likely N-dealkylation sites (tertiary alicyclic amines) is 1. The number of aliphatic hydroxyl groups is 1. The number of nitrogens with one attached hydrogen (secondary N) is 1. The summed E-state index contributed by atoms with van der Waals surface area (Å²) in [5.74, 6) is -5.56. The van der Waals surface area contributed by atoms with Crippen LogP contribution < -0.4 is 10.2 Å². The number of carbonyl (C=O) groups excluding carboxylic acids is 3. The maximum absolute atomic E-state index is 14.6. The molecule has 9 nitrogen and oxygen atoms in total.